The molecular weight excluding hydrogens is 238 g/mol. The maximum Gasteiger partial charge on any atom is 0.110 e. The van der Waals surface area contributed by atoms with Crippen molar-refractivity contribution >= 4 is 11.0 Å². The van der Waals surface area contributed by atoms with Gasteiger partial charge < -0.3 is 15.3 Å². The highest BCUT2D eigenvalue weighted by atomic mass is 15.1. The van der Waals surface area contributed by atoms with Crippen molar-refractivity contribution in [2.45, 2.75) is 13.3 Å². The first kappa shape index (κ1) is 11.9. The van der Waals surface area contributed by atoms with Crippen molar-refractivity contribution in [1.29, 1.82) is 0 Å². The lowest BCUT2D eigenvalue weighted by atomic mass is 10.1. The van der Waals surface area contributed by atoms with Gasteiger partial charge in [-0.15, -0.1) is 0 Å². The smallest absolute Gasteiger partial charge is 0.110 e. The van der Waals surface area contributed by atoms with Crippen molar-refractivity contribution in [3.63, 3.8) is 0 Å². The molecular formula is C14H17N5. The third-order valence-corrected chi connectivity index (χ3v) is 3.42. The summed E-state index contributed by atoms with van der Waals surface area (Å²) in [6.45, 7) is 2.65. The van der Waals surface area contributed by atoms with Crippen molar-refractivity contribution < 1.29 is 0 Å². The largest absolute Gasteiger partial charge is 0.345 e. The number of H-pyrrole nitrogens is 1. The average Bonchev–Trinajstić information content (AvgIpc) is 2.95. The molecule has 2 heterocycles. The van der Waals surface area contributed by atoms with Crippen LogP contribution in [-0.2, 0) is 13.5 Å². The Bertz CT molecular complexity index is 723. The van der Waals surface area contributed by atoms with Gasteiger partial charge in [0.25, 0.3) is 0 Å². The Morgan fingerprint density at radius 2 is 2.21 bits per heavy atom. The topological polar surface area (TPSA) is 72.5 Å². The number of hydrogen-bond acceptors (Lipinski definition) is 3. The molecule has 0 aliphatic rings. The van der Waals surface area contributed by atoms with Gasteiger partial charge in [0.1, 0.15) is 5.82 Å². The summed E-state index contributed by atoms with van der Waals surface area (Å²) in [5.74, 6) is 1.03. The van der Waals surface area contributed by atoms with Crippen molar-refractivity contribution in [3.05, 3.63) is 36.0 Å². The Morgan fingerprint density at radius 1 is 1.37 bits per heavy atom. The zero-order valence-corrected chi connectivity index (χ0v) is 11.1. The van der Waals surface area contributed by atoms with Crippen LogP contribution < -0.4 is 5.73 Å². The van der Waals surface area contributed by atoms with Crippen LogP contribution in [0, 0.1) is 6.92 Å². The van der Waals surface area contributed by atoms with E-state index in [1.807, 2.05) is 20.0 Å². The van der Waals surface area contributed by atoms with Crippen LogP contribution >= 0.6 is 0 Å². The standard InChI is InChI=1S/C14H17N5/c1-9-14(19(2)13(18-9)5-6-15)10-3-4-11-12(7-10)17-8-16-11/h3-4,7-8H,5-6,15H2,1-2H3,(H,16,17). The first-order chi connectivity index (χ1) is 9.20. The van der Waals surface area contributed by atoms with Gasteiger partial charge in [0.15, 0.2) is 0 Å². The summed E-state index contributed by atoms with van der Waals surface area (Å²) >= 11 is 0. The maximum absolute atomic E-state index is 5.62. The van der Waals surface area contributed by atoms with Gasteiger partial charge in [-0.3, -0.25) is 0 Å². The molecule has 0 aliphatic carbocycles. The summed E-state index contributed by atoms with van der Waals surface area (Å²) in [7, 11) is 2.04. The van der Waals surface area contributed by atoms with Gasteiger partial charge in [0.05, 0.1) is 28.7 Å². The van der Waals surface area contributed by atoms with E-state index in [4.69, 9.17) is 5.73 Å². The molecule has 0 unspecified atom stereocenters. The van der Waals surface area contributed by atoms with Crippen LogP contribution in [0.4, 0.5) is 0 Å². The van der Waals surface area contributed by atoms with E-state index in [0.29, 0.717) is 6.54 Å². The second-order valence-corrected chi connectivity index (χ2v) is 4.69. The lowest BCUT2D eigenvalue weighted by Gasteiger charge is -2.06. The van der Waals surface area contributed by atoms with Crippen LogP contribution in [-0.4, -0.2) is 26.1 Å². The minimum Gasteiger partial charge on any atom is -0.345 e. The Labute approximate surface area is 111 Å². The number of rotatable bonds is 3. The number of imidazole rings is 2. The highest BCUT2D eigenvalue weighted by Crippen LogP contribution is 2.26. The highest BCUT2D eigenvalue weighted by molar-refractivity contribution is 5.81. The number of nitrogens with one attached hydrogen (secondary N) is 1. The van der Waals surface area contributed by atoms with Crippen molar-refractivity contribution in [3.8, 4) is 11.3 Å². The normalized spacial score (nSPS) is 11.3. The minimum atomic E-state index is 0.614. The Morgan fingerprint density at radius 3 is 3.00 bits per heavy atom. The van der Waals surface area contributed by atoms with E-state index in [2.05, 4.69) is 31.7 Å². The van der Waals surface area contributed by atoms with Gasteiger partial charge in [0.2, 0.25) is 0 Å². The van der Waals surface area contributed by atoms with Crippen LogP contribution in [0.1, 0.15) is 11.5 Å². The van der Waals surface area contributed by atoms with Gasteiger partial charge in [-0.25, -0.2) is 9.97 Å². The molecule has 2 aromatic heterocycles. The summed E-state index contributed by atoms with van der Waals surface area (Å²) < 4.78 is 2.12. The molecule has 5 heteroatoms. The fourth-order valence-corrected chi connectivity index (χ4v) is 2.53. The summed E-state index contributed by atoms with van der Waals surface area (Å²) in [5.41, 5.74) is 11.0. The van der Waals surface area contributed by atoms with Gasteiger partial charge in [0, 0.05) is 19.0 Å². The second kappa shape index (κ2) is 4.51. The number of nitrogens with two attached hydrogens (primary N) is 1. The van der Waals surface area contributed by atoms with E-state index in [1.165, 1.54) is 0 Å². The molecule has 0 aliphatic heterocycles. The second-order valence-electron chi connectivity index (χ2n) is 4.69. The summed E-state index contributed by atoms with van der Waals surface area (Å²) in [4.78, 5) is 12.0. The molecule has 19 heavy (non-hydrogen) atoms. The molecule has 0 saturated carbocycles. The molecule has 1 aromatic carbocycles. The number of aryl methyl sites for hydroxylation is 1. The molecule has 3 N–H and O–H groups in total. The lowest BCUT2D eigenvalue weighted by molar-refractivity contribution is 0.782. The van der Waals surface area contributed by atoms with Crippen LogP contribution in [0.2, 0.25) is 0 Å². The zero-order valence-electron chi connectivity index (χ0n) is 11.1. The molecule has 3 aromatic rings. The Kier molecular flexibility index (Phi) is 2.83. The lowest BCUT2D eigenvalue weighted by Crippen LogP contribution is -2.08. The minimum absolute atomic E-state index is 0.614. The maximum atomic E-state index is 5.62. The van der Waals surface area contributed by atoms with Gasteiger partial charge in [-0.2, -0.15) is 0 Å². The number of nitrogens with zero attached hydrogens (tertiary/aromatic N) is 3. The SMILES string of the molecule is Cc1nc(CCN)n(C)c1-c1ccc2nc[nH]c2c1. The van der Waals surface area contributed by atoms with E-state index in [-0.39, 0.29) is 0 Å². The number of aromatic nitrogens is 4. The van der Waals surface area contributed by atoms with Crippen molar-refractivity contribution in [2.75, 3.05) is 6.54 Å². The Balaban J connectivity index is 2.14. The Hall–Kier alpha value is -2.14. The number of benzene rings is 1. The van der Waals surface area contributed by atoms with Gasteiger partial charge in [-0.1, -0.05) is 6.07 Å². The molecule has 0 amide bonds. The quantitative estimate of drug-likeness (QED) is 0.749. The van der Waals surface area contributed by atoms with Crippen molar-refractivity contribution in [2.24, 2.45) is 12.8 Å². The molecule has 0 fully saturated rings. The van der Waals surface area contributed by atoms with Crippen LogP contribution in [0.3, 0.4) is 0 Å². The fraction of sp³-hybridized carbons (Fsp3) is 0.286. The first-order valence-electron chi connectivity index (χ1n) is 6.36. The third-order valence-electron chi connectivity index (χ3n) is 3.42. The average molecular weight is 255 g/mol. The zero-order chi connectivity index (χ0) is 13.4. The molecule has 0 radical (unpaired) electrons. The first-order valence-corrected chi connectivity index (χ1v) is 6.36. The van der Waals surface area contributed by atoms with Gasteiger partial charge in [-0.05, 0) is 25.6 Å². The molecule has 98 valence electrons. The number of aromatic amines is 1. The van der Waals surface area contributed by atoms with Crippen LogP contribution in [0.15, 0.2) is 24.5 Å². The molecule has 0 saturated heterocycles. The fourth-order valence-electron chi connectivity index (χ4n) is 2.53. The summed E-state index contributed by atoms with van der Waals surface area (Å²) in [6.07, 6.45) is 2.51. The number of fused-ring (bicyclic) bond motifs is 1. The predicted molar refractivity (Wildman–Crippen MR) is 75.8 cm³/mol. The predicted octanol–water partition coefficient (Wildman–Crippen LogP) is 1.77. The van der Waals surface area contributed by atoms with Crippen LogP contribution in [0.25, 0.3) is 22.3 Å². The monoisotopic (exact) mass is 255 g/mol. The van der Waals surface area contributed by atoms with Crippen molar-refractivity contribution in [1.82, 2.24) is 19.5 Å². The number of hydrogen-bond donors (Lipinski definition) is 2. The molecule has 0 atom stereocenters. The van der Waals surface area contributed by atoms with E-state index < -0.39 is 0 Å². The van der Waals surface area contributed by atoms with E-state index >= 15 is 0 Å². The van der Waals surface area contributed by atoms with Gasteiger partial charge >= 0.3 is 0 Å². The molecule has 0 bridgehead atoms. The van der Waals surface area contributed by atoms with Crippen LogP contribution in [0.5, 0.6) is 0 Å². The van der Waals surface area contributed by atoms with E-state index in [9.17, 15) is 0 Å². The summed E-state index contributed by atoms with van der Waals surface area (Å²) in [6, 6.07) is 6.22. The third kappa shape index (κ3) is 1.92. The van der Waals surface area contributed by atoms with E-state index in [1.54, 1.807) is 6.33 Å². The summed E-state index contributed by atoms with van der Waals surface area (Å²) in [5, 5.41) is 0. The van der Waals surface area contributed by atoms with E-state index in [0.717, 1.165) is 40.2 Å². The molecule has 0 spiro atoms. The highest BCUT2D eigenvalue weighted by Gasteiger charge is 2.13. The molecule has 3 rings (SSSR count). The molecule has 5 nitrogen and oxygen atoms in total.